The summed E-state index contributed by atoms with van der Waals surface area (Å²) in [6.07, 6.45) is -4.64. The number of nitrogens with zero attached hydrogens (tertiary/aromatic N) is 5. The molecule has 2 unspecified atom stereocenters. The molecular weight excluding hydrogens is 486 g/mol. The Labute approximate surface area is 199 Å². The Morgan fingerprint density at radius 1 is 1.30 bits per heavy atom. The molecule has 0 saturated carbocycles. The molecule has 2 heterocycles. The summed E-state index contributed by atoms with van der Waals surface area (Å²) < 4.78 is 44.5. The van der Waals surface area contributed by atoms with Crippen LogP contribution in [0.4, 0.5) is 18.9 Å². The first-order chi connectivity index (χ1) is 15.5. The first kappa shape index (κ1) is 25.2. The van der Waals surface area contributed by atoms with Crippen molar-refractivity contribution in [2.45, 2.75) is 31.4 Å². The first-order valence-corrected chi connectivity index (χ1v) is 10.9. The van der Waals surface area contributed by atoms with Gasteiger partial charge in [0.15, 0.2) is 5.71 Å². The summed E-state index contributed by atoms with van der Waals surface area (Å²) in [6, 6.07) is 2.64. The van der Waals surface area contributed by atoms with Crippen LogP contribution in [0.3, 0.4) is 0 Å². The van der Waals surface area contributed by atoms with Gasteiger partial charge in [0.1, 0.15) is 17.7 Å². The lowest BCUT2D eigenvalue weighted by Crippen LogP contribution is -2.51. The number of piperazine rings is 1. The Hall–Kier alpha value is -2.40. The molecule has 1 fully saturated rings. The van der Waals surface area contributed by atoms with Crippen molar-refractivity contribution in [3.63, 3.8) is 0 Å². The molecule has 3 rings (SSSR count). The number of ether oxygens (including phenoxy) is 1. The van der Waals surface area contributed by atoms with Gasteiger partial charge in [-0.3, -0.25) is 9.80 Å². The summed E-state index contributed by atoms with van der Waals surface area (Å²) in [5, 5.41) is 16.2. The zero-order valence-corrected chi connectivity index (χ0v) is 19.7. The molecule has 1 aromatic carbocycles. The van der Waals surface area contributed by atoms with Gasteiger partial charge in [-0.25, -0.2) is 0 Å². The molecule has 33 heavy (non-hydrogen) atoms. The van der Waals surface area contributed by atoms with Gasteiger partial charge in [-0.2, -0.15) is 18.3 Å². The smallest absolute Gasteiger partial charge is 0.432 e. The second kappa shape index (κ2) is 9.84. The fourth-order valence-electron chi connectivity index (χ4n) is 3.80. The fraction of sp³-hybridized carbons (Fsp3) is 0.550. The topological polar surface area (TPSA) is 81.0 Å². The highest BCUT2D eigenvalue weighted by Crippen LogP contribution is 2.34. The van der Waals surface area contributed by atoms with Crippen LogP contribution in [0, 0.1) is 0 Å². The minimum atomic E-state index is -4.64. The number of amides is 1. The summed E-state index contributed by atoms with van der Waals surface area (Å²) in [6.45, 7) is 4.45. The zero-order valence-electron chi connectivity index (χ0n) is 18.2. The number of alkyl halides is 4. The minimum Gasteiger partial charge on any atom is -0.495 e. The maximum atomic E-state index is 13.1. The number of carbonyl (C=O) groups is 1. The summed E-state index contributed by atoms with van der Waals surface area (Å²) >= 11 is 12.1. The number of carbonyl (C=O) groups excluding carboxylic acids is 1. The van der Waals surface area contributed by atoms with Gasteiger partial charge < -0.3 is 19.7 Å². The lowest BCUT2D eigenvalue weighted by molar-refractivity contribution is -0.133. The molecule has 2 aliphatic rings. The minimum absolute atomic E-state index is 0.291. The van der Waals surface area contributed by atoms with Gasteiger partial charge in [0.05, 0.1) is 23.9 Å². The zero-order chi connectivity index (χ0) is 24.5. The fourth-order valence-corrected chi connectivity index (χ4v) is 4.33. The molecule has 182 valence electrons. The molecule has 1 saturated heterocycles. The van der Waals surface area contributed by atoms with Crippen LogP contribution in [-0.4, -0.2) is 89.9 Å². The molecule has 1 aromatic rings. The SMILES string of the molecule is COc1cc(N2CCN(C(=O)CN3N=C(C(F)(F)F)C(Cl)C3C)CC2)c(/C(C)=N\O)cc1Cl. The van der Waals surface area contributed by atoms with Crippen LogP contribution in [0.1, 0.15) is 19.4 Å². The van der Waals surface area contributed by atoms with Crippen LogP contribution in [0.15, 0.2) is 22.4 Å². The highest BCUT2D eigenvalue weighted by Gasteiger charge is 2.48. The van der Waals surface area contributed by atoms with Crippen molar-refractivity contribution >= 4 is 46.2 Å². The number of hydrogen-bond donors (Lipinski definition) is 1. The van der Waals surface area contributed by atoms with Crippen molar-refractivity contribution in [2.75, 3.05) is 44.7 Å². The molecule has 2 aliphatic heterocycles. The van der Waals surface area contributed by atoms with Gasteiger partial charge in [-0.05, 0) is 19.9 Å². The van der Waals surface area contributed by atoms with E-state index < -0.39 is 23.3 Å². The van der Waals surface area contributed by atoms with Crippen LogP contribution in [-0.2, 0) is 4.79 Å². The van der Waals surface area contributed by atoms with E-state index in [1.54, 1.807) is 24.0 Å². The van der Waals surface area contributed by atoms with E-state index in [0.717, 1.165) is 10.7 Å². The van der Waals surface area contributed by atoms with E-state index in [1.807, 2.05) is 4.90 Å². The maximum Gasteiger partial charge on any atom is 0.432 e. The summed E-state index contributed by atoms with van der Waals surface area (Å²) in [4.78, 5) is 16.3. The molecule has 0 aromatic heterocycles. The predicted molar refractivity (Wildman–Crippen MR) is 120 cm³/mol. The molecular formula is C20H24Cl2F3N5O3. The Balaban J connectivity index is 1.69. The molecule has 0 aliphatic carbocycles. The average Bonchev–Trinajstić information content (AvgIpc) is 3.07. The van der Waals surface area contributed by atoms with Crippen molar-refractivity contribution < 1.29 is 27.9 Å². The molecule has 1 amide bonds. The average molecular weight is 510 g/mol. The van der Waals surface area contributed by atoms with Crippen molar-refractivity contribution in [1.29, 1.82) is 0 Å². The third-order valence-electron chi connectivity index (χ3n) is 5.76. The van der Waals surface area contributed by atoms with Gasteiger partial charge in [-0.1, -0.05) is 16.8 Å². The van der Waals surface area contributed by atoms with E-state index in [9.17, 15) is 23.2 Å². The standard InChI is InChI=1S/C20H24Cl2F3N5O3/c1-11(27-32)13-8-14(21)16(33-3)9-15(13)28-4-6-29(7-5-28)17(31)10-30-12(2)18(22)19(26-30)20(23,24)25/h8-9,12,18,32H,4-7,10H2,1-3H3/b27-11-. The number of hydrazone groups is 1. The second-order valence-corrected chi connectivity index (χ2v) is 8.66. The molecule has 0 spiro atoms. The Bertz CT molecular complexity index is 965. The molecule has 8 nitrogen and oxygen atoms in total. The number of rotatable bonds is 5. The van der Waals surface area contributed by atoms with E-state index >= 15 is 0 Å². The Morgan fingerprint density at radius 2 is 1.94 bits per heavy atom. The van der Waals surface area contributed by atoms with Gasteiger partial charge >= 0.3 is 6.18 Å². The number of methoxy groups -OCH3 is 1. The van der Waals surface area contributed by atoms with Gasteiger partial charge in [0, 0.05) is 43.5 Å². The van der Waals surface area contributed by atoms with Gasteiger partial charge in [0.2, 0.25) is 5.91 Å². The molecule has 1 N–H and O–H groups in total. The van der Waals surface area contributed by atoms with Crippen molar-refractivity contribution in [3.05, 3.63) is 22.7 Å². The summed E-state index contributed by atoms with van der Waals surface area (Å²) in [5.41, 5.74) is 0.636. The Morgan fingerprint density at radius 3 is 2.45 bits per heavy atom. The van der Waals surface area contributed by atoms with Crippen molar-refractivity contribution in [3.8, 4) is 5.75 Å². The lowest BCUT2D eigenvalue weighted by Gasteiger charge is -2.37. The number of anilines is 1. The highest BCUT2D eigenvalue weighted by atomic mass is 35.5. The summed E-state index contributed by atoms with van der Waals surface area (Å²) in [5.74, 6) is 0.121. The van der Waals surface area contributed by atoms with E-state index in [-0.39, 0.29) is 12.5 Å². The van der Waals surface area contributed by atoms with E-state index in [1.165, 1.54) is 14.0 Å². The van der Waals surface area contributed by atoms with Crippen LogP contribution >= 0.6 is 23.2 Å². The van der Waals surface area contributed by atoms with E-state index in [0.29, 0.717) is 48.2 Å². The number of oxime groups is 1. The van der Waals surface area contributed by atoms with Crippen molar-refractivity contribution in [2.24, 2.45) is 10.3 Å². The second-order valence-electron chi connectivity index (χ2n) is 7.78. The number of hydrogen-bond acceptors (Lipinski definition) is 7. The molecule has 0 bridgehead atoms. The quantitative estimate of drug-likeness (QED) is 0.284. The third kappa shape index (κ3) is 5.24. The normalized spacial score (nSPS) is 22.0. The van der Waals surface area contributed by atoms with Crippen LogP contribution in [0.5, 0.6) is 5.75 Å². The molecule has 0 radical (unpaired) electrons. The number of halogens is 5. The van der Waals surface area contributed by atoms with Gasteiger partial charge in [0.25, 0.3) is 0 Å². The Kier molecular flexibility index (Phi) is 7.52. The van der Waals surface area contributed by atoms with Crippen LogP contribution in [0.25, 0.3) is 0 Å². The first-order valence-electron chi connectivity index (χ1n) is 10.1. The van der Waals surface area contributed by atoms with E-state index in [4.69, 9.17) is 27.9 Å². The predicted octanol–water partition coefficient (Wildman–Crippen LogP) is 3.43. The lowest BCUT2D eigenvalue weighted by atomic mass is 10.1. The highest BCUT2D eigenvalue weighted by molar-refractivity contribution is 6.34. The largest absolute Gasteiger partial charge is 0.495 e. The molecule has 13 heteroatoms. The monoisotopic (exact) mass is 509 g/mol. The molecule has 2 atom stereocenters. The number of benzene rings is 1. The van der Waals surface area contributed by atoms with Crippen LogP contribution < -0.4 is 9.64 Å². The summed E-state index contributed by atoms with van der Waals surface area (Å²) in [7, 11) is 1.49. The maximum absolute atomic E-state index is 13.1. The van der Waals surface area contributed by atoms with Gasteiger partial charge in [-0.15, -0.1) is 11.6 Å². The van der Waals surface area contributed by atoms with E-state index in [2.05, 4.69) is 10.3 Å². The van der Waals surface area contributed by atoms with Crippen molar-refractivity contribution in [1.82, 2.24) is 9.91 Å². The van der Waals surface area contributed by atoms with Crippen LogP contribution in [0.2, 0.25) is 5.02 Å². The third-order valence-corrected chi connectivity index (χ3v) is 6.63.